The van der Waals surface area contributed by atoms with Crippen LogP contribution >= 0.6 is 0 Å². The summed E-state index contributed by atoms with van der Waals surface area (Å²) in [6.07, 6.45) is 5.46. The highest BCUT2D eigenvalue weighted by molar-refractivity contribution is 5.89. The van der Waals surface area contributed by atoms with E-state index in [0.29, 0.717) is 24.8 Å². The third-order valence-corrected chi connectivity index (χ3v) is 3.57. The molecule has 6 nitrogen and oxygen atoms in total. The molecular formula is C16H22N2O4. The van der Waals surface area contributed by atoms with Crippen LogP contribution in [0.2, 0.25) is 0 Å². The summed E-state index contributed by atoms with van der Waals surface area (Å²) in [5.41, 5.74) is 0.675. The Kier molecular flexibility index (Phi) is 6.06. The molecule has 1 aromatic rings. The van der Waals surface area contributed by atoms with Gasteiger partial charge < -0.3 is 20.5 Å². The molecule has 2 rings (SSSR count). The second-order valence-corrected chi connectivity index (χ2v) is 5.43. The monoisotopic (exact) mass is 306 g/mol. The van der Waals surface area contributed by atoms with Gasteiger partial charge in [0.05, 0.1) is 6.10 Å². The first kappa shape index (κ1) is 16.1. The Morgan fingerprint density at radius 3 is 2.50 bits per heavy atom. The molecule has 3 N–H and O–H groups in total. The molecule has 0 aromatic heterocycles. The molecular weight excluding hydrogens is 284 g/mol. The largest absolute Gasteiger partial charge is 0.490 e. The van der Waals surface area contributed by atoms with Gasteiger partial charge in [0.2, 0.25) is 0 Å². The van der Waals surface area contributed by atoms with Gasteiger partial charge in [0, 0.05) is 18.7 Å². The van der Waals surface area contributed by atoms with Gasteiger partial charge in [0.15, 0.2) is 0 Å². The van der Waals surface area contributed by atoms with Crippen molar-refractivity contribution in [3.05, 3.63) is 24.3 Å². The van der Waals surface area contributed by atoms with Gasteiger partial charge in [-0.2, -0.15) is 0 Å². The van der Waals surface area contributed by atoms with Crippen molar-refractivity contribution in [2.75, 3.05) is 11.9 Å². The first-order chi connectivity index (χ1) is 10.6. The summed E-state index contributed by atoms with van der Waals surface area (Å²) in [7, 11) is 0. The Morgan fingerprint density at radius 2 is 1.86 bits per heavy atom. The van der Waals surface area contributed by atoms with Crippen molar-refractivity contribution in [3.63, 3.8) is 0 Å². The fraction of sp³-hybridized carbons (Fsp3) is 0.500. The zero-order valence-electron chi connectivity index (χ0n) is 12.5. The molecule has 22 heavy (non-hydrogen) atoms. The molecule has 0 unspecified atom stereocenters. The maximum Gasteiger partial charge on any atom is 0.319 e. The zero-order chi connectivity index (χ0) is 15.8. The Hall–Kier alpha value is -2.24. The van der Waals surface area contributed by atoms with Gasteiger partial charge in [-0.25, -0.2) is 4.79 Å². The lowest BCUT2D eigenvalue weighted by molar-refractivity contribution is -0.137. The minimum Gasteiger partial charge on any atom is -0.490 e. The van der Waals surface area contributed by atoms with Crippen LogP contribution in [0.4, 0.5) is 10.5 Å². The molecule has 0 atom stereocenters. The van der Waals surface area contributed by atoms with Crippen molar-refractivity contribution < 1.29 is 19.4 Å². The number of carbonyl (C=O) groups excluding carboxylic acids is 1. The predicted octanol–water partition coefficient (Wildman–Crippen LogP) is 2.99. The van der Waals surface area contributed by atoms with Crippen molar-refractivity contribution in [1.82, 2.24) is 5.32 Å². The molecule has 2 amide bonds. The quantitative estimate of drug-likeness (QED) is 0.676. The predicted molar refractivity (Wildman–Crippen MR) is 83.2 cm³/mol. The van der Waals surface area contributed by atoms with Crippen LogP contribution < -0.4 is 15.4 Å². The van der Waals surface area contributed by atoms with Crippen LogP contribution in [0.5, 0.6) is 5.75 Å². The summed E-state index contributed by atoms with van der Waals surface area (Å²) in [6.45, 7) is 0.334. The number of rotatable bonds is 7. The average Bonchev–Trinajstić information content (AvgIpc) is 2.98. The summed E-state index contributed by atoms with van der Waals surface area (Å²) < 4.78 is 5.85. The minimum absolute atomic E-state index is 0.0491. The van der Waals surface area contributed by atoms with Crippen LogP contribution in [0.15, 0.2) is 24.3 Å². The molecule has 0 heterocycles. The lowest BCUT2D eigenvalue weighted by Crippen LogP contribution is -2.29. The van der Waals surface area contributed by atoms with Crippen LogP contribution in [-0.2, 0) is 4.79 Å². The number of hydrogen-bond donors (Lipinski definition) is 3. The summed E-state index contributed by atoms with van der Waals surface area (Å²) in [4.78, 5) is 22.0. The van der Waals surface area contributed by atoms with Gasteiger partial charge in [-0.15, -0.1) is 0 Å². The Morgan fingerprint density at radius 1 is 1.18 bits per heavy atom. The average molecular weight is 306 g/mol. The van der Waals surface area contributed by atoms with Crippen molar-refractivity contribution in [2.24, 2.45) is 0 Å². The molecule has 1 aromatic carbocycles. The first-order valence-electron chi connectivity index (χ1n) is 7.67. The summed E-state index contributed by atoms with van der Waals surface area (Å²) in [5.74, 6) is -0.0422. The molecule has 1 aliphatic carbocycles. The Balaban J connectivity index is 1.70. The topological polar surface area (TPSA) is 87.7 Å². The number of aliphatic carboxylic acids is 1. The van der Waals surface area contributed by atoms with Crippen molar-refractivity contribution >= 4 is 17.7 Å². The zero-order valence-corrected chi connectivity index (χ0v) is 12.5. The number of carboxylic acid groups (broad SMARTS) is 1. The van der Waals surface area contributed by atoms with Crippen LogP contribution in [0, 0.1) is 0 Å². The second kappa shape index (κ2) is 8.26. The number of carboxylic acids is 1. The lowest BCUT2D eigenvalue weighted by atomic mass is 10.2. The molecule has 1 fully saturated rings. The van der Waals surface area contributed by atoms with Gasteiger partial charge in [-0.05, 0) is 56.4 Å². The second-order valence-electron chi connectivity index (χ2n) is 5.43. The van der Waals surface area contributed by atoms with E-state index >= 15 is 0 Å². The maximum atomic E-state index is 11.6. The molecule has 0 bridgehead atoms. The van der Waals surface area contributed by atoms with Crippen LogP contribution in [0.3, 0.4) is 0 Å². The molecule has 6 heteroatoms. The van der Waals surface area contributed by atoms with Gasteiger partial charge in [-0.3, -0.25) is 4.79 Å². The number of nitrogens with one attached hydrogen (secondary N) is 2. The van der Waals surface area contributed by atoms with E-state index in [4.69, 9.17) is 9.84 Å². The van der Waals surface area contributed by atoms with E-state index in [-0.39, 0.29) is 12.5 Å². The first-order valence-corrected chi connectivity index (χ1v) is 7.67. The molecule has 0 radical (unpaired) electrons. The SMILES string of the molecule is O=C(O)CCCNC(=O)Nc1ccc(OC2CCCC2)cc1. The van der Waals surface area contributed by atoms with Crippen LogP contribution in [0.1, 0.15) is 38.5 Å². The highest BCUT2D eigenvalue weighted by Gasteiger charge is 2.16. The van der Waals surface area contributed by atoms with E-state index in [0.717, 1.165) is 18.6 Å². The van der Waals surface area contributed by atoms with Gasteiger partial charge in [-0.1, -0.05) is 0 Å². The summed E-state index contributed by atoms with van der Waals surface area (Å²) >= 11 is 0. The molecule has 1 saturated carbocycles. The van der Waals surface area contributed by atoms with E-state index in [1.807, 2.05) is 12.1 Å². The van der Waals surface area contributed by atoms with E-state index in [1.54, 1.807) is 12.1 Å². The summed E-state index contributed by atoms with van der Waals surface area (Å²) in [6, 6.07) is 6.94. The van der Waals surface area contributed by atoms with E-state index in [2.05, 4.69) is 10.6 Å². The van der Waals surface area contributed by atoms with Crippen molar-refractivity contribution in [3.8, 4) is 5.75 Å². The number of ether oxygens (including phenoxy) is 1. The molecule has 0 spiro atoms. The smallest absolute Gasteiger partial charge is 0.319 e. The van der Waals surface area contributed by atoms with Gasteiger partial charge in [0.25, 0.3) is 0 Å². The van der Waals surface area contributed by atoms with Gasteiger partial charge in [0.1, 0.15) is 5.75 Å². The molecule has 1 aliphatic rings. The fourth-order valence-corrected chi connectivity index (χ4v) is 2.43. The van der Waals surface area contributed by atoms with Gasteiger partial charge >= 0.3 is 12.0 Å². The van der Waals surface area contributed by atoms with E-state index in [1.165, 1.54) is 12.8 Å². The van der Waals surface area contributed by atoms with E-state index < -0.39 is 5.97 Å². The number of carbonyl (C=O) groups is 2. The number of amides is 2. The number of benzene rings is 1. The normalized spacial score (nSPS) is 14.5. The standard InChI is InChI=1S/C16H22N2O4/c19-15(20)6-3-11-17-16(21)18-12-7-9-14(10-8-12)22-13-4-1-2-5-13/h7-10,13H,1-6,11H2,(H,19,20)(H2,17,18,21). The van der Waals surface area contributed by atoms with Crippen molar-refractivity contribution in [2.45, 2.75) is 44.6 Å². The number of urea groups is 1. The van der Waals surface area contributed by atoms with Crippen LogP contribution in [-0.4, -0.2) is 29.8 Å². The fourth-order valence-electron chi connectivity index (χ4n) is 2.43. The van der Waals surface area contributed by atoms with Crippen LogP contribution in [0.25, 0.3) is 0 Å². The Labute approximate surface area is 129 Å². The number of anilines is 1. The van der Waals surface area contributed by atoms with E-state index in [9.17, 15) is 9.59 Å². The number of hydrogen-bond acceptors (Lipinski definition) is 3. The molecule has 120 valence electrons. The Bertz CT molecular complexity index is 495. The maximum absolute atomic E-state index is 11.6. The van der Waals surface area contributed by atoms with Crippen molar-refractivity contribution in [1.29, 1.82) is 0 Å². The minimum atomic E-state index is -0.861. The highest BCUT2D eigenvalue weighted by Crippen LogP contribution is 2.24. The highest BCUT2D eigenvalue weighted by atomic mass is 16.5. The molecule has 0 saturated heterocycles. The molecule has 0 aliphatic heterocycles. The lowest BCUT2D eigenvalue weighted by Gasteiger charge is -2.13. The summed E-state index contributed by atoms with van der Waals surface area (Å²) in [5, 5.41) is 13.8. The third kappa shape index (κ3) is 5.63. The third-order valence-electron chi connectivity index (χ3n) is 3.57.